The van der Waals surface area contributed by atoms with Gasteiger partial charge in [-0.2, -0.15) is 0 Å². The summed E-state index contributed by atoms with van der Waals surface area (Å²) in [5.41, 5.74) is 0.317. The summed E-state index contributed by atoms with van der Waals surface area (Å²) in [6, 6.07) is 0. The molecule has 0 bridgehead atoms. The summed E-state index contributed by atoms with van der Waals surface area (Å²) in [6.07, 6.45) is -1.41. The normalized spacial score (nSPS) is 10.9. The van der Waals surface area contributed by atoms with Crippen LogP contribution in [0.5, 0.6) is 0 Å². The van der Waals surface area contributed by atoms with Gasteiger partial charge in [0.15, 0.2) is 5.69 Å². The van der Waals surface area contributed by atoms with Gasteiger partial charge in [-0.05, 0) is 6.92 Å². The second-order valence-electron chi connectivity index (χ2n) is 2.86. The summed E-state index contributed by atoms with van der Waals surface area (Å²) in [6.45, 7) is 1.63. The molecule has 0 aliphatic carbocycles. The number of carboxylic acids is 1. The van der Waals surface area contributed by atoms with Gasteiger partial charge >= 0.3 is 5.97 Å². The molecular weight excluding hydrogens is 194 g/mol. The van der Waals surface area contributed by atoms with Gasteiger partial charge in [-0.3, -0.25) is 0 Å². The lowest BCUT2D eigenvalue weighted by atomic mass is 10.3. The van der Waals surface area contributed by atoms with Crippen LogP contribution >= 0.6 is 0 Å². The van der Waals surface area contributed by atoms with Crippen molar-refractivity contribution < 1.29 is 18.7 Å². The van der Waals surface area contributed by atoms with Crippen molar-refractivity contribution in [1.29, 1.82) is 0 Å². The Labute approximate surface area is 79.2 Å². The van der Waals surface area contributed by atoms with Crippen molar-refractivity contribution in [3.05, 3.63) is 17.7 Å². The largest absolute Gasteiger partial charge is 0.476 e. The third-order valence-corrected chi connectivity index (χ3v) is 1.89. The van der Waals surface area contributed by atoms with E-state index in [-0.39, 0.29) is 18.7 Å². The van der Waals surface area contributed by atoms with Gasteiger partial charge in [-0.1, -0.05) is 0 Å². The maximum absolute atomic E-state index is 11.9. The van der Waals surface area contributed by atoms with Gasteiger partial charge in [0.1, 0.15) is 0 Å². The van der Waals surface area contributed by atoms with Crippen LogP contribution in [-0.2, 0) is 6.54 Å². The number of nitrogens with zero attached hydrogens (tertiary/aromatic N) is 2. The van der Waals surface area contributed by atoms with E-state index in [0.717, 1.165) is 0 Å². The van der Waals surface area contributed by atoms with Crippen molar-refractivity contribution in [3.8, 4) is 0 Å². The van der Waals surface area contributed by atoms with Crippen molar-refractivity contribution in [2.24, 2.45) is 0 Å². The SMILES string of the molecule is Cc1c(C(=O)O)ncn1CCC(F)F. The number of hydrogen-bond donors (Lipinski definition) is 1. The number of alkyl halides is 2. The lowest BCUT2D eigenvalue weighted by Crippen LogP contribution is -2.05. The van der Waals surface area contributed by atoms with Crippen LogP contribution in [0.3, 0.4) is 0 Å². The molecule has 0 amide bonds. The minimum atomic E-state index is -2.38. The first-order valence-corrected chi connectivity index (χ1v) is 4.05. The Morgan fingerprint density at radius 1 is 1.71 bits per heavy atom. The standard InChI is InChI=1S/C8H10F2N2O2/c1-5-7(8(13)14)11-4-12(5)3-2-6(9)10/h4,6H,2-3H2,1H3,(H,13,14). The molecule has 0 aromatic carbocycles. The Morgan fingerprint density at radius 2 is 2.36 bits per heavy atom. The number of halogens is 2. The highest BCUT2D eigenvalue weighted by Crippen LogP contribution is 2.09. The highest BCUT2D eigenvalue weighted by molar-refractivity contribution is 5.86. The molecule has 1 N–H and O–H groups in total. The maximum atomic E-state index is 11.9. The quantitative estimate of drug-likeness (QED) is 0.809. The lowest BCUT2D eigenvalue weighted by molar-refractivity contribution is 0.0690. The Kier molecular flexibility index (Phi) is 3.16. The van der Waals surface area contributed by atoms with E-state index in [0.29, 0.717) is 5.69 Å². The molecule has 0 saturated carbocycles. The molecule has 0 aliphatic heterocycles. The van der Waals surface area contributed by atoms with E-state index < -0.39 is 12.4 Å². The molecule has 1 aromatic rings. The molecule has 0 spiro atoms. The zero-order chi connectivity index (χ0) is 10.7. The number of rotatable bonds is 4. The molecule has 0 atom stereocenters. The Hall–Kier alpha value is -1.46. The molecule has 1 aromatic heterocycles. The van der Waals surface area contributed by atoms with Crippen LogP contribution in [0.25, 0.3) is 0 Å². The molecule has 0 saturated heterocycles. The molecule has 1 heterocycles. The van der Waals surface area contributed by atoms with Gasteiger partial charge in [0.2, 0.25) is 6.43 Å². The topological polar surface area (TPSA) is 55.1 Å². The summed E-state index contributed by atoms with van der Waals surface area (Å²) in [5, 5.41) is 8.63. The first kappa shape index (κ1) is 10.6. The van der Waals surface area contributed by atoms with Crippen LogP contribution in [0.2, 0.25) is 0 Å². The number of imidazole rings is 1. The van der Waals surface area contributed by atoms with Gasteiger partial charge in [0.05, 0.1) is 6.33 Å². The van der Waals surface area contributed by atoms with Crippen LogP contribution in [0.4, 0.5) is 8.78 Å². The van der Waals surface area contributed by atoms with E-state index in [1.54, 1.807) is 6.92 Å². The molecule has 0 unspecified atom stereocenters. The van der Waals surface area contributed by atoms with E-state index in [2.05, 4.69) is 4.98 Å². The fraction of sp³-hybridized carbons (Fsp3) is 0.500. The second kappa shape index (κ2) is 4.17. The zero-order valence-corrected chi connectivity index (χ0v) is 7.57. The third kappa shape index (κ3) is 2.27. The summed E-state index contributed by atoms with van der Waals surface area (Å²) in [5.74, 6) is -1.14. The summed E-state index contributed by atoms with van der Waals surface area (Å²) in [4.78, 5) is 14.2. The molecule has 0 radical (unpaired) electrons. The minimum Gasteiger partial charge on any atom is -0.476 e. The smallest absolute Gasteiger partial charge is 0.356 e. The average molecular weight is 204 g/mol. The van der Waals surface area contributed by atoms with Gasteiger partial charge in [0.25, 0.3) is 0 Å². The maximum Gasteiger partial charge on any atom is 0.356 e. The summed E-state index contributed by atoms with van der Waals surface area (Å²) < 4.78 is 25.1. The molecule has 78 valence electrons. The summed E-state index contributed by atoms with van der Waals surface area (Å²) >= 11 is 0. The third-order valence-electron chi connectivity index (χ3n) is 1.89. The van der Waals surface area contributed by atoms with Crippen molar-refractivity contribution in [2.75, 3.05) is 0 Å². The summed E-state index contributed by atoms with van der Waals surface area (Å²) in [7, 11) is 0. The van der Waals surface area contributed by atoms with Crippen LogP contribution in [0.15, 0.2) is 6.33 Å². The molecule has 0 fully saturated rings. The van der Waals surface area contributed by atoms with Crippen LogP contribution in [0.1, 0.15) is 22.6 Å². The molecule has 4 nitrogen and oxygen atoms in total. The van der Waals surface area contributed by atoms with Gasteiger partial charge in [-0.25, -0.2) is 18.6 Å². The molecule has 14 heavy (non-hydrogen) atoms. The van der Waals surface area contributed by atoms with Gasteiger partial charge in [0, 0.05) is 18.7 Å². The Morgan fingerprint density at radius 3 is 2.79 bits per heavy atom. The highest BCUT2D eigenvalue weighted by atomic mass is 19.3. The highest BCUT2D eigenvalue weighted by Gasteiger charge is 2.13. The van der Waals surface area contributed by atoms with Crippen LogP contribution in [-0.4, -0.2) is 27.1 Å². The first-order valence-electron chi connectivity index (χ1n) is 4.05. The zero-order valence-electron chi connectivity index (χ0n) is 7.57. The number of carboxylic acid groups (broad SMARTS) is 1. The fourth-order valence-corrected chi connectivity index (χ4v) is 1.12. The van der Waals surface area contributed by atoms with Crippen molar-refractivity contribution in [2.45, 2.75) is 26.3 Å². The average Bonchev–Trinajstić information content (AvgIpc) is 2.43. The van der Waals surface area contributed by atoms with E-state index in [1.807, 2.05) is 0 Å². The minimum absolute atomic E-state index is 0.0840. The molecular formula is C8H10F2N2O2. The number of carbonyl (C=O) groups is 1. The number of aromatic nitrogens is 2. The van der Waals surface area contributed by atoms with Gasteiger partial charge in [-0.15, -0.1) is 0 Å². The molecule has 6 heteroatoms. The molecule has 0 aliphatic rings. The second-order valence-corrected chi connectivity index (χ2v) is 2.86. The number of aromatic carboxylic acids is 1. The number of hydrogen-bond acceptors (Lipinski definition) is 2. The van der Waals surface area contributed by atoms with E-state index in [9.17, 15) is 13.6 Å². The van der Waals surface area contributed by atoms with Crippen LogP contribution < -0.4 is 0 Å². The van der Waals surface area contributed by atoms with E-state index >= 15 is 0 Å². The monoisotopic (exact) mass is 204 g/mol. The predicted octanol–water partition coefficient (Wildman–Crippen LogP) is 1.54. The van der Waals surface area contributed by atoms with Crippen molar-refractivity contribution >= 4 is 5.97 Å². The Balaban J connectivity index is 2.74. The van der Waals surface area contributed by atoms with Crippen molar-refractivity contribution in [1.82, 2.24) is 9.55 Å². The number of aryl methyl sites for hydroxylation is 1. The molecule has 1 rings (SSSR count). The van der Waals surface area contributed by atoms with Crippen LogP contribution in [0, 0.1) is 6.92 Å². The van der Waals surface area contributed by atoms with E-state index in [4.69, 9.17) is 5.11 Å². The first-order chi connectivity index (χ1) is 6.52. The fourth-order valence-electron chi connectivity index (χ4n) is 1.12. The van der Waals surface area contributed by atoms with Crippen molar-refractivity contribution in [3.63, 3.8) is 0 Å². The van der Waals surface area contributed by atoms with Gasteiger partial charge < -0.3 is 9.67 Å². The predicted molar refractivity (Wildman–Crippen MR) is 44.5 cm³/mol. The lowest BCUT2D eigenvalue weighted by Gasteiger charge is -2.03. The Bertz CT molecular complexity index is 336. The van der Waals surface area contributed by atoms with E-state index in [1.165, 1.54) is 10.9 Å².